The highest BCUT2D eigenvalue weighted by atomic mass is 16.5. The summed E-state index contributed by atoms with van der Waals surface area (Å²) >= 11 is 0. The van der Waals surface area contributed by atoms with Crippen LogP contribution in [0.4, 0.5) is 0 Å². The highest BCUT2D eigenvalue weighted by Crippen LogP contribution is 2.21. The SMILES string of the molecule is CN1CCO[C@@H](C2CCNCC2)C1. The van der Waals surface area contributed by atoms with Crippen LogP contribution < -0.4 is 5.32 Å². The summed E-state index contributed by atoms with van der Waals surface area (Å²) in [5.41, 5.74) is 0. The van der Waals surface area contributed by atoms with Crippen LogP contribution in [0.3, 0.4) is 0 Å². The maximum atomic E-state index is 5.82. The first-order valence-electron chi connectivity index (χ1n) is 5.37. The Kier molecular flexibility index (Phi) is 3.19. The Bertz CT molecular complexity index is 157. The van der Waals surface area contributed by atoms with Crippen LogP contribution in [0.15, 0.2) is 0 Å². The minimum Gasteiger partial charge on any atom is -0.375 e. The molecule has 0 radical (unpaired) electrons. The lowest BCUT2D eigenvalue weighted by Crippen LogP contribution is -2.46. The number of morpholine rings is 1. The van der Waals surface area contributed by atoms with E-state index in [9.17, 15) is 0 Å². The molecule has 0 amide bonds. The Labute approximate surface area is 80.4 Å². The molecule has 0 spiro atoms. The Balaban J connectivity index is 1.83. The minimum absolute atomic E-state index is 0.501. The van der Waals surface area contributed by atoms with Crippen molar-refractivity contribution in [1.29, 1.82) is 0 Å². The predicted molar refractivity (Wildman–Crippen MR) is 52.8 cm³/mol. The van der Waals surface area contributed by atoms with E-state index in [-0.39, 0.29) is 0 Å². The molecule has 1 N–H and O–H groups in total. The van der Waals surface area contributed by atoms with E-state index in [0.29, 0.717) is 6.10 Å². The molecule has 0 unspecified atom stereocenters. The van der Waals surface area contributed by atoms with Crippen LogP contribution in [0.5, 0.6) is 0 Å². The Morgan fingerprint density at radius 3 is 2.77 bits per heavy atom. The lowest BCUT2D eigenvalue weighted by Gasteiger charge is -2.37. The lowest BCUT2D eigenvalue weighted by atomic mass is 9.91. The molecule has 2 rings (SSSR count). The summed E-state index contributed by atoms with van der Waals surface area (Å²) in [4.78, 5) is 2.39. The lowest BCUT2D eigenvalue weighted by molar-refractivity contribution is -0.0562. The molecule has 3 nitrogen and oxygen atoms in total. The maximum absolute atomic E-state index is 5.82. The van der Waals surface area contributed by atoms with Gasteiger partial charge in [0.1, 0.15) is 0 Å². The number of ether oxygens (including phenoxy) is 1. The molecule has 2 heterocycles. The fraction of sp³-hybridized carbons (Fsp3) is 1.00. The molecule has 0 aromatic carbocycles. The number of piperidine rings is 1. The van der Waals surface area contributed by atoms with Crippen LogP contribution in [0.25, 0.3) is 0 Å². The van der Waals surface area contributed by atoms with E-state index >= 15 is 0 Å². The van der Waals surface area contributed by atoms with Crippen LogP contribution >= 0.6 is 0 Å². The third-order valence-corrected chi connectivity index (χ3v) is 3.21. The van der Waals surface area contributed by atoms with Crippen molar-refractivity contribution in [3.8, 4) is 0 Å². The second kappa shape index (κ2) is 4.40. The van der Waals surface area contributed by atoms with E-state index in [1.54, 1.807) is 0 Å². The predicted octanol–water partition coefficient (Wildman–Crippen LogP) is 0.317. The van der Waals surface area contributed by atoms with Gasteiger partial charge in [0.15, 0.2) is 0 Å². The number of hydrogen-bond donors (Lipinski definition) is 1. The second-order valence-electron chi connectivity index (χ2n) is 4.26. The van der Waals surface area contributed by atoms with Crippen molar-refractivity contribution in [1.82, 2.24) is 10.2 Å². The van der Waals surface area contributed by atoms with E-state index in [4.69, 9.17) is 4.74 Å². The summed E-state index contributed by atoms with van der Waals surface area (Å²) in [7, 11) is 2.19. The molecular weight excluding hydrogens is 164 g/mol. The van der Waals surface area contributed by atoms with Gasteiger partial charge in [-0.05, 0) is 38.9 Å². The monoisotopic (exact) mass is 184 g/mol. The van der Waals surface area contributed by atoms with Gasteiger partial charge in [-0.3, -0.25) is 0 Å². The molecule has 0 saturated carbocycles. The largest absolute Gasteiger partial charge is 0.375 e. The molecule has 0 aromatic rings. The third-order valence-electron chi connectivity index (χ3n) is 3.21. The van der Waals surface area contributed by atoms with Gasteiger partial charge < -0.3 is 15.0 Å². The first kappa shape index (κ1) is 9.44. The summed E-state index contributed by atoms with van der Waals surface area (Å²) in [6.45, 7) is 5.50. The van der Waals surface area contributed by atoms with Crippen molar-refractivity contribution in [2.75, 3.05) is 39.8 Å². The van der Waals surface area contributed by atoms with Crippen LogP contribution in [-0.2, 0) is 4.74 Å². The van der Waals surface area contributed by atoms with Crippen molar-refractivity contribution in [2.24, 2.45) is 5.92 Å². The van der Waals surface area contributed by atoms with Crippen molar-refractivity contribution < 1.29 is 4.74 Å². The van der Waals surface area contributed by atoms with Crippen molar-refractivity contribution in [3.63, 3.8) is 0 Å². The fourth-order valence-electron chi connectivity index (χ4n) is 2.31. The molecule has 2 aliphatic rings. The van der Waals surface area contributed by atoms with Gasteiger partial charge in [-0.15, -0.1) is 0 Å². The molecule has 0 bridgehead atoms. The average molecular weight is 184 g/mol. The van der Waals surface area contributed by atoms with E-state index in [1.807, 2.05) is 0 Å². The highest BCUT2D eigenvalue weighted by Gasteiger charge is 2.27. The number of hydrogen-bond acceptors (Lipinski definition) is 3. The van der Waals surface area contributed by atoms with E-state index in [0.717, 1.165) is 25.6 Å². The summed E-state index contributed by atoms with van der Waals surface area (Å²) in [5.74, 6) is 0.795. The first-order chi connectivity index (χ1) is 6.36. The maximum Gasteiger partial charge on any atom is 0.0731 e. The Hall–Kier alpha value is -0.120. The molecule has 2 saturated heterocycles. The van der Waals surface area contributed by atoms with Gasteiger partial charge in [0, 0.05) is 13.1 Å². The minimum atomic E-state index is 0.501. The van der Waals surface area contributed by atoms with E-state index < -0.39 is 0 Å². The van der Waals surface area contributed by atoms with Gasteiger partial charge in [-0.25, -0.2) is 0 Å². The van der Waals surface area contributed by atoms with Crippen molar-refractivity contribution in [3.05, 3.63) is 0 Å². The van der Waals surface area contributed by atoms with Crippen LogP contribution in [0, 0.1) is 5.92 Å². The van der Waals surface area contributed by atoms with Crippen molar-refractivity contribution >= 4 is 0 Å². The number of nitrogens with one attached hydrogen (secondary N) is 1. The summed E-state index contributed by atoms with van der Waals surface area (Å²) < 4.78 is 5.82. The molecule has 0 aliphatic carbocycles. The zero-order valence-electron chi connectivity index (χ0n) is 8.46. The average Bonchev–Trinajstić information content (AvgIpc) is 2.19. The van der Waals surface area contributed by atoms with Crippen molar-refractivity contribution in [2.45, 2.75) is 18.9 Å². The number of nitrogens with zero attached hydrogens (tertiary/aromatic N) is 1. The highest BCUT2D eigenvalue weighted by molar-refractivity contribution is 4.80. The number of rotatable bonds is 1. The standard InChI is InChI=1S/C10H20N2O/c1-12-6-7-13-10(8-12)9-2-4-11-5-3-9/h9-11H,2-8H2,1H3/t10-/m1/s1. The van der Waals surface area contributed by atoms with Gasteiger partial charge in [0.2, 0.25) is 0 Å². The fourth-order valence-corrected chi connectivity index (χ4v) is 2.31. The van der Waals surface area contributed by atoms with Gasteiger partial charge in [0.25, 0.3) is 0 Å². The molecular formula is C10H20N2O. The topological polar surface area (TPSA) is 24.5 Å². The second-order valence-corrected chi connectivity index (χ2v) is 4.26. The summed E-state index contributed by atoms with van der Waals surface area (Å²) in [6, 6.07) is 0. The molecule has 0 aromatic heterocycles. The first-order valence-corrected chi connectivity index (χ1v) is 5.37. The van der Waals surface area contributed by atoms with E-state index in [2.05, 4.69) is 17.3 Å². The molecule has 2 aliphatic heterocycles. The zero-order valence-corrected chi connectivity index (χ0v) is 8.46. The zero-order chi connectivity index (χ0) is 9.10. The van der Waals surface area contributed by atoms with Gasteiger partial charge in [-0.1, -0.05) is 0 Å². The smallest absolute Gasteiger partial charge is 0.0731 e. The molecule has 13 heavy (non-hydrogen) atoms. The van der Waals surface area contributed by atoms with Gasteiger partial charge in [-0.2, -0.15) is 0 Å². The molecule has 3 heteroatoms. The quantitative estimate of drug-likeness (QED) is 0.635. The summed E-state index contributed by atoms with van der Waals surface area (Å²) in [6.07, 6.45) is 3.08. The Morgan fingerprint density at radius 2 is 2.08 bits per heavy atom. The third kappa shape index (κ3) is 2.42. The molecule has 76 valence electrons. The van der Waals surface area contributed by atoms with Crippen LogP contribution in [-0.4, -0.2) is 50.8 Å². The van der Waals surface area contributed by atoms with Gasteiger partial charge in [0.05, 0.1) is 12.7 Å². The van der Waals surface area contributed by atoms with E-state index in [1.165, 1.54) is 25.9 Å². The number of likely N-dealkylation sites (N-methyl/N-ethyl adjacent to an activating group) is 1. The molecule has 2 fully saturated rings. The molecule has 1 atom stereocenters. The summed E-state index contributed by atoms with van der Waals surface area (Å²) in [5, 5.41) is 3.40. The van der Waals surface area contributed by atoms with Gasteiger partial charge >= 0.3 is 0 Å². The Morgan fingerprint density at radius 1 is 1.31 bits per heavy atom. The van der Waals surface area contributed by atoms with Crippen LogP contribution in [0.1, 0.15) is 12.8 Å². The van der Waals surface area contributed by atoms with Crippen LogP contribution in [0.2, 0.25) is 0 Å². The normalized spacial score (nSPS) is 33.5.